The van der Waals surface area contributed by atoms with Gasteiger partial charge in [-0.15, -0.1) is 0 Å². The van der Waals surface area contributed by atoms with Crippen LogP contribution in [0.4, 0.5) is 0 Å². The van der Waals surface area contributed by atoms with Crippen LogP contribution in [0.2, 0.25) is 0 Å². The smallest absolute Gasteiger partial charge is 0.166 e. The van der Waals surface area contributed by atoms with Gasteiger partial charge in [-0.25, -0.2) is 0 Å². The Morgan fingerprint density at radius 3 is 2.86 bits per heavy atom. The van der Waals surface area contributed by atoms with E-state index in [1.807, 2.05) is 10.8 Å². The van der Waals surface area contributed by atoms with Gasteiger partial charge >= 0.3 is 0 Å². The third kappa shape index (κ3) is 3.19. The Hall–Kier alpha value is -0.190. The number of hydrogen-bond acceptors (Lipinski definition) is 3. The molecule has 0 saturated carbocycles. The number of hydrogen-bond donors (Lipinski definition) is 1. The molecule has 4 heteroatoms. The summed E-state index contributed by atoms with van der Waals surface area (Å²) in [5.41, 5.74) is 6.57. The predicted octanol–water partition coefficient (Wildman–Crippen LogP) is 3.21. The third-order valence-electron chi connectivity index (χ3n) is 2.02. The fourth-order valence-corrected chi connectivity index (χ4v) is 2.82. The summed E-state index contributed by atoms with van der Waals surface area (Å²) in [5.74, 6) is 0.138. The quantitative estimate of drug-likeness (QED) is 0.839. The standard InChI is InChI=1S/C10H14BrNOS/c1-2-3-7(12)4-10(13)8-5-14-6-9(8)11/h5-7H,2-4,12H2,1H3. The van der Waals surface area contributed by atoms with Crippen LogP contribution in [0.1, 0.15) is 36.5 Å². The van der Waals surface area contributed by atoms with Crippen molar-refractivity contribution in [3.05, 3.63) is 20.8 Å². The Labute approximate surface area is 96.6 Å². The maximum absolute atomic E-state index is 11.7. The van der Waals surface area contributed by atoms with Crippen LogP contribution in [0.3, 0.4) is 0 Å². The largest absolute Gasteiger partial charge is 0.327 e. The van der Waals surface area contributed by atoms with Crippen LogP contribution < -0.4 is 5.73 Å². The van der Waals surface area contributed by atoms with Gasteiger partial charge in [0.15, 0.2) is 5.78 Å². The molecule has 0 spiro atoms. The van der Waals surface area contributed by atoms with Crippen LogP contribution in [0.5, 0.6) is 0 Å². The second-order valence-corrected chi connectivity index (χ2v) is 4.91. The fraction of sp³-hybridized carbons (Fsp3) is 0.500. The van der Waals surface area contributed by atoms with Crippen LogP contribution in [0.25, 0.3) is 0 Å². The number of carbonyl (C=O) groups is 1. The Kier molecular flexibility index (Phi) is 4.78. The summed E-state index contributed by atoms with van der Waals surface area (Å²) in [6, 6.07) is -0.000648. The van der Waals surface area contributed by atoms with Gasteiger partial charge in [0.25, 0.3) is 0 Å². The first-order valence-electron chi connectivity index (χ1n) is 4.65. The Bertz CT molecular complexity index is 311. The number of thiophene rings is 1. The van der Waals surface area contributed by atoms with Gasteiger partial charge in [-0.3, -0.25) is 4.79 Å². The van der Waals surface area contributed by atoms with Crippen molar-refractivity contribution < 1.29 is 4.79 Å². The normalized spacial score (nSPS) is 12.8. The van der Waals surface area contributed by atoms with E-state index >= 15 is 0 Å². The molecule has 1 aromatic heterocycles. The molecule has 2 nitrogen and oxygen atoms in total. The monoisotopic (exact) mass is 275 g/mol. The first-order valence-corrected chi connectivity index (χ1v) is 6.39. The SMILES string of the molecule is CCCC(N)CC(=O)c1cscc1Br. The molecule has 78 valence electrons. The van der Waals surface area contributed by atoms with E-state index in [0.29, 0.717) is 6.42 Å². The predicted molar refractivity (Wildman–Crippen MR) is 63.8 cm³/mol. The minimum atomic E-state index is -0.000648. The highest BCUT2D eigenvalue weighted by Gasteiger charge is 2.14. The molecular formula is C10H14BrNOS. The molecule has 0 bridgehead atoms. The second-order valence-electron chi connectivity index (χ2n) is 3.31. The van der Waals surface area contributed by atoms with Crippen LogP contribution in [0, 0.1) is 0 Å². The summed E-state index contributed by atoms with van der Waals surface area (Å²) in [6.07, 6.45) is 2.38. The van der Waals surface area contributed by atoms with Gasteiger partial charge in [0.2, 0.25) is 0 Å². The number of nitrogens with two attached hydrogens (primary N) is 1. The molecule has 1 atom stereocenters. The summed E-state index contributed by atoms with van der Waals surface area (Å²) >= 11 is 4.87. The zero-order valence-corrected chi connectivity index (χ0v) is 10.5. The lowest BCUT2D eigenvalue weighted by Gasteiger charge is -2.08. The summed E-state index contributed by atoms with van der Waals surface area (Å²) in [5, 5.41) is 3.78. The van der Waals surface area contributed by atoms with E-state index in [-0.39, 0.29) is 11.8 Å². The van der Waals surface area contributed by atoms with E-state index in [1.54, 1.807) is 0 Å². The molecule has 0 fully saturated rings. The minimum Gasteiger partial charge on any atom is -0.327 e. The molecular weight excluding hydrogens is 262 g/mol. The van der Waals surface area contributed by atoms with Crippen molar-refractivity contribution in [2.24, 2.45) is 5.73 Å². The topological polar surface area (TPSA) is 43.1 Å². The molecule has 1 aromatic rings. The summed E-state index contributed by atoms with van der Waals surface area (Å²) in [6.45, 7) is 2.07. The van der Waals surface area contributed by atoms with Gasteiger partial charge in [0.05, 0.1) is 0 Å². The average molecular weight is 276 g/mol. The fourth-order valence-electron chi connectivity index (χ4n) is 1.30. The van der Waals surface area contributed by atoms with E-state index < -0.39 is 0 Å². The molecule has 0 amide bonds. The highest BCUT2D eigenvalue weighted by atomic mass is 79.9. The number of rotatable bonds is 5. The van der Waals surface area contributed by atoms with Gasteiger partial charge in [-0.1, -0.05) is 13.3 Å². The van der Waals surface area contributed by atoms with E-state index in [0.717, 1.165) is 22.9 Å². The molecule has 1 heterocycles. The Balaban J connectivity index is 2.55. The van der Waals surface area contributed by atoms with E-state index in [2.05, 4.69) is 22.9 Å². The van der Waals surface area contributed by atoms with Crippen molar-refractivity contribution in [1.82, 2.24) is 0 Å². The van der Waals surface area contributed by atoms with Crippen LogP contribution in [0.15, 0.2) is 15.2 Å². The van der Waals surface area contributed by atoms with Crippen molar-refractivity contribution in [3.63, 3.8) is 0 Å². The van der Waals surface area contributed by atoms with Gasteiger partial charge in [0.1, 0.15) is 0 Å². The molecule has 14 heavy (non-hydrogen) atoms. The molecule has 1 rings (SSSR count). The van der Waals surface area contributed by atoms with E-state index in [4.69, 9.17) is 5.73 Å². The Morgan fingerprint density at radius 1 is 1.64 bits per heavy atom. The average Bonchev–Trinajstić information content (AvgIpc) is 2.51. The first kappa shape index (κ1) is 11.9. The lowest BCUT2D eigenvalue weighted by atomic mass is 10.0. The zero-order chi connectivity index (χ0) is 10.6. The van der Waals surface area contributed by atoms with Gasteiger partial charge in [-0.05, 0) is 22.4 Å². The van der Waals surface area contributed by atoms with Crippen molar-refractivity contribution in [2.75, 3.05) is 0 Å². The number of ketones is 1. The second kappa shape index (κ2) is 5.63. The minimum absolute atomic E-state index is 0.000648. The molecule has 0 saturated heterocycles. The first-order chi connectivity index (χ1) is 6.65. The van der Waals surface area contributed by atoms with Crippen molar-refractivity contribution in [1.29, 1.82) is 0 Å². The molecule has 0 radical (unpaired) electrons. The number of carbonyl (C=O) groups excluding carboxylic acids is 1. The Morgan fingerprint density at radius 2 is 2.36 bits per heavy atom. The van der Waals surface area contributed by atoms with Crippen LogP contribution >= 0.6 is 27.3 Å². The molecule has 0 aliphatic rings. The highest BCUT2D eigenvalue weighted by Crippen LogP contribution is 2.23. The molecule has 2 N–H and O–H groups in total. The van der Waals surface area contributed by atoms with Crippen molar-refractivity contribution >= 4 is 33.0 Å². The third-order valence-corrected chi connectivity index (χ3v) is 3.72. The summed E-state index contributed by atoms with van der Waals surface area (Å²) < 4.78 is 0.885. The van der Waals surface area contributed by atoms with Crippen molar-refractivity contribution in [3.8, 4) is 0 Å². The van der Waals surface area contributed by atoms with Gasteiger partial charge in [-0.2, -0.15) is 11.3 Å². The molecule has 0 aliphatic carbocycles. The molecule has 0 aliphatic heterocycles. The van der Waals surface area contributed by atoms with Crippen LogP contribution in [-0.2, 0) is 0 Å². The molecule has 0 aromatic carbocycles. The summed E-state index contributed by atoms with van der Waals surface area (Å²) in [7, 11) is 0. The number of Topliss-reactive ketones (excluding diaryl/α,β-unsaturated/α-hetero) is 1. The number of halogens is 1. The van der Waals surface area contributed by atoms with Gasteiger partial charge < -0.3 is 5.73 Å². The molecule has 1 unspecified atom stereocenters. The van der Waals surface area contributed by atoms with E-state index in [1.165, 1.54) is 11.3 Å². The maximum Gasteiger partial charge on any atom is 0.166 e. The highest BCUT2D eigenvalue weighted by molar-refractivity contribution is 9.10. The van der Waals surface area contributed by atoms with E-state index in [9.17, 15) is 4.79 Å². The van der Waals surface area contributed by atoms with Gasteiger partial charge in [0, 0.05) is 33.3 Å². The van der Waals surface area contributed by atoms with Crippen LogP contribution in [-0.4, -0.2) is 11.8 Å². The lowest BCUT2D eigenvalue weighted by Crippen LogP contribution is -2.23. The lowest BCUT2D eigenvalue weighted by molar-refractivity contribution is 0.0973. The summed E-state index contributed by atoms with van der Waals surface area (Å²) in [4.78, 5) is 11.7. The zero-order valence-electron chi connectivity index (χ0n) is 8.13. The maximum atomic E-state index is 11.7. The van der Waals surface area contributed by atoms with Crippen molar-refractivity contribution in [2.45, 2.75) is 32.2 Å².